The number of halogens is 1. The van der Waals surface area contributed by atoms with Gasteiger partial charge in [-0.3, -0.25) is 0 Å². The lowest BCUT2D eigenvalue weighted by Crippen LogP contribution is -2.43. The Morgan fingerprint density at radius 2 is 2.24 bits per heavy atom. The SMILES string of the molecule is CC1(C)CN(c2ccc(C#N)c(Br)c2)CCS1. The van der Waals surface area contributed by atoms with Crippen molar-refractivity contribution in [2.45, 2.75) is 18.6 Å². The number of thioether (sulfide) groups is 1. The molecular formula is C13H15BrN2S. The molecule has 0 radical (unpaired) electrons. The van der Waals surface area contributed by atoms with Crippen LogP contribution in [0.1, 0.15) is 19.4 Å². The van der Waals surface area contributed by atoms with E-state index >= 15 is 0 Å². The molecule has 2 rings (SSSR count). The lowest BCUT2D eigenvalue weighted by molar-refractivity contribution is 0.647. The van der Waals surface area contributed by atoms with Crippen LogP contribution < -0.4 is 4.90 Å². The molecule has 0 saturated carbocycles. The molecule has 0 aliphatic carbocycles. The Bertz CT molecular complexity index is 465. The smallest absolute Gasteiger partial charge is 0.100 e. The fraction of sp³-hybridized carbons (Fsp3) is 0.462. The summed E-state index contributed by atoms with van der Waals surface area (Å²) in [7, 11) is 0. The van der Waals surface area contributed by atoms with Crippen LogP contribution in [0.25, 0.3) is 0 Å². The Morgan fingerprint density at radius 1 is 1.47 bits per heavy atom. The van der Waals surface area contributed by atoms with Crippen molar-refractivity contribution in [2.24, 2.45) is 0 Å². The molecule has 1 aliphatic heterocycles. The predicted octanol–water partition coefficient (Wildman–Crippen LogP) is 3.65. The molecule has 0 atom stereocenters. The highest BCUT2D eigenvalue weighted by atomic mass is 79.9. The lowest BCUT2D eigenvalue weighted by Gasteiger charge is -2.39. The van der Waals surface area contributed by atoms with Crippen molar-refractivity contribution in [3.05, 3.63) is 28.2 Å². The highest BCUT2D eigenvalue weighted by Gasteiger charge is 2.27. The Hall–Kier alpha value is -0.660. The van der Waals surface area contributed by atoms with Gasteiger partial charge in [0.2, 0.25) is 0 Å². The number of nitriles is 1. The zero-order valence-corrected chi connectivity index (χ0v) is 12.4. The van der Waals surface area contributed by atoms with E-state index < -0.39 is 0 Å². The molecule has 0 amide bonds. The average molecular weight is 311 g/mol. The van der Waals surface area contributed by atoms with Crippen LogP contribution >= 0.6 is 27.7 Å². The van der Waals surface area contributed by atoms with Crippen molar-refractivity contribution in [3.63, 3.8) is 0 Å². The number of nitrogens with zero attached hydrogens (tertiary/aromatic N) is 2. The second-order valence-electron chi connectivity index (χ2n) is 4.81. The molecule has 0 spiro atoms. The number of benzene rings is 1. The first-order valence-corrected chi connectivity index (χ1v) is 7.38. The van der Waals surface area contributed by atoms with Crippen molar-refractivity contribution in [1.29, 1.82) is 5.26 Å². The first-order valence-electron chi connectivity index (χ1n) is 5.60. The minimum Gasteiger partial charge on any atom is -0.369 e. The number of hydrogen-bond acceptors (Lipinski definition) is 3. The summed E-state index contributed by atoms with van der Waals surface area (Å²) in [5.74, 6) is 1.16. The minimum atomic E-state index is 0.304. The molecule has 1 aromatic carbocycles. The first kappa shape index (κ1) is 12.8. The monoisotopic (exact) mass is 310 g/mol. The Balaban J connectivity index is 2.23. The third-order valence-electron chi connectivity index (χ3n) is 2.86. The Kier molecular flexibility index (Phi) is 3.70. The first-order chi connectivity index (χ1) is 8.02. The number of anilines is 1. The van der Waals surface area contributed by atoms with Gasteiger partial charge in [-0.15, -0.1) is 0 Å². The topological polar surface area (TPSA) is 27.0 Å². The minimum absolute atomic E-state index is 0.304. The van der Waals surface area contributed by atoms with Crippen LogP contribution in [0.2, 0.25) is 0 Å². The molecule has 90 valence electrons. The second kappa shape index (κ2) is 4.91. The van der Waals surface area contributed by atoms with Crippen LogP contribution in [-0.4, -0.2) is 23.6 Å². The van der Waals surface area contributed by atoms with Gasteiger partial charge in [-0.05, 0) is 48.0 Å². The summed E-state index contributed by atoms with van der Waals surface area (Å²) in [6, 6.07) is 8.14. The van der Waals surface area contributed by atoms with Crippen LogP contribution in [0, 0.1) is 11.3 Å². The van der Waals surface area contributed by atoms with Crippen LogP contribution in [-0.2, 0) is 0 Å². The van der Waals surface area contributed by atoms with E-state index in [1.807, 2.05) is 30.0 Å². The van der Waals surface area contributed by atoms with E-state index in [1.54, 1.807) is 0 Å². The normalized spacial score (nSPS) is 18.8. The maximum atomic E-state index is 8.91. The largest absolute Gasteiger partial charge is 0.369 e. The molecule has 4 heteroatoms. The number of rotatable bonds is 1. The molecule has 0 aromatic heterocycles. The van der Waals surface area contributed by atoms with E-state index in [-0.39, 0.29) is 0 Å². The zero-order valence-electron chi connectivity index (χ0n) is 10.0. The molecule has 0 bridgehead atoms. The Labute approximate surface area is 115 Å². The highest BCUT2D eigenvalue weighted by molar-refractivity contribution is 9.10. The van der Waals surface area contributed by atoms with Crippen molar-refractivity contribution < 1.29 is 0 Å². The van der Waals surface area contributed by atoms with E-state index in [0.29, 0.717) is 10.3 Å². The summed E-state index contributed by atoms with van der Waals surface area (Å²) >= 11 is 5.47. The van der Waals surface area contributed by atoms with Gasteiger partial charge in [0.25, 0.3) is 0 Å². The van der Waals surface area contributed by atoms with E-state index in [2.05, 4.69) is 40.7 Å². The molecule has 17 heavy (non-hydrogen) atoms. The summed E-state index contributed by atoms with van der Waals surface area (Å²) in [4.78, 5) is 2.39. The summed E-state index contributed by atoms with van der Waals surface area (Å²) in [6.07, 6.45) is 0. The quantitative estimate of drug-likeness (QED) is 0.792. The molecule has 2 nitrogen and oxygen atoms in total. The van der Waals surface area contributed by atoms with Crippen LogP contribution in [0.15, 0.2) is 22.7 Å². The molecule has 1 fully saturated rings. The summed E-state index contributed by atoms with van der Waals surface area (Å²) in [6.45, 7) is 6.69. The van der Waals surface area contributed by atoms with Crippen molar-refractivity contribution in [3.8, 4) is 6.07 Å². The molecule has 0 unspecified atom stereocenters. The Morgan fingerprint density at radius 3 is 2.82 bits per heavy atom. The van der Waals surface area contributed by atoms with Crippen LogP contribution in [0.4, 0.5) is 5.69 Å². The standard InChI is InChI=1S/C13H15BrN2S/c1-13(2)9-16(5-6-17-13)11-4-3-10(8-15)12(14)7-11/h3-4,7H,5-6,9H2,1-2H3. The van der Waals surface area contributed by atoms with Gasteiger partial charge in [0, 0.05) is 33.7 Å². The van der Waals surface area contributed by atoms with E-state index in [4.69, 9.17) is 5.26 Å². The fourth-order valence-electron chi connectivity index (χ4n) is 2.03. The van der Waals surface area contributed by atoms with Gasteiger partial charge in [-0.2, -0.15) is 17.0 Å². The summed E-state index contributed by atoms with van der Waals surface area (Å²) in [5, 5.41) is 8.91. The van der Waals surface area contributed by atoms with Gasteiger partial charge < -0.3 is 4.90 Å². The summed E-state index contributed by atoms with van der Waals surface area (Å²) < 4.78 is 1.19. The van der Waals surface area contributed by atoms with Crippen LogP contribution in [0.3, 0.4) is 0 Å². The maximum Gasteiger partial charge on any atom is 0.100 e. The molecule has 1 aromatic rings. The molecule has 1 saturated heterocycles. The molecular weight excluding hydrogens is 296 g/mol. The van der Waals surface area contributed by atoms with Crippen LogP contribution in [0.5, 0.6) is 0 Å². The average Bonchev–Trinajstić information content (AvgIpc) is 2.27. The predicted molar refractivity (Wildman–Crippen MR) is 77.6 cm³/mol. The highest BCUT2D eigenvalue weighted by Crippen LogP contribution is 2.33. The van der Waals surface area contributed by atoms with Gasteiger partial charge >= 0.3 is 0 Å². The van der Waals surface area contributed by atoms with Gasteiger partial charge in [-0.1, -0.05) is 0 Å². The van der Waals surface area contributed by atoms with Gasteiger partial charge in [0.05, 0.1) is 5.56 Å². The third-order valence-corrected chi connectivity index (χ3v) is 4.82. The molecule has 1 aliphatic rings. The van der Waals surface area contributed by atoms with E-state index in [1.165, 1.54) is 5.69 Å². The lowest BCUT2D eigenvalue weighted by atomic mass is 10.1. The third kappa shape index (κ3) is 2.97. The van der Waals surface area contributed by atoms with E-state index in [0.717, 1.165) is 23.3 Å². The maximum absolute atomic E-state index is 8.91. The number of hydrogen-bond donors (Lipinski definition) is 0. The summed E-state index contributed by atoms with van der Waals surface area (Å²) in [5.41, 5.74) is 1.89. The second-order valence-corrected chi connectivity index (χ2v) is 7.46. The van der Waals surface area contributed by atoms with Gasteiger partial charge in [0.15, 0.2) is 0 Å². The van der Waals surface area contributed by atoms with Crippen molar-refractivity contribution >= 4 is 33.4 Å². The fourth-order valence-corrected chi connectivity index (χ4v) is 3.59. The van der Waals surface area contributed by atoms with E-state index in [9.17, 15) is 0 Å². The van der Waals surface area contributed by atoms with Gasteiger partial charge in [0.1, 0.15) is 6.07 Å². The molecule has 0 N–H and O–H groups in total. The van der Waals surface area contributed by atoms with Crippen molar-refractivity contribution in [1.82, 2.24) is 0 Å². The van der Waals surface area contributed by atoms with Gasteiger partial charge in [-0.25, -0.2) is 0 Å². The zero-order chi connectivity index (χ0) is 12.5. The van der Waals surface area contributed by atoms with Crippen molar-refractivity contribution in [2.75, 3.05) is 23.7 Å². The molecule has 1 heterocycles.